The van der Waals surface area contributed by atoms with Crippen molar-refractivity contribution in [1.29, 1.82) is 0 Å². The van der Waals surface area contributed by atoms with Crippen LogP contribution in [0.25, 0.3) is 0 Å². The second-order valence-corrected chi connectivity index (χ2v) is 8.20. The van der Waals surface area contributed by atoms with Gasteiger partial charge in [-0.25, -0.2) is 8.42 Å². The lowest BCUT2D eigenvalue weighted by molar-refractivity contribution is -0.142. The van der Waals surface area contributed by atoms with Crippen molar-refractivity contribution < 1.29 is 23.1 Å². The van der Waals surface area contributed by atoms with Gasteiger partial charge >= 0.3 is 5.97 Å². The number of carboxylic acids is 1. The Morgan fingerprint density at radius 1 is 1.22 bits per heavy atom. The Kier molecular flexibility index (Phi) is 5.31. The molecule has 0 aliphatic heterocycles. The van der Waals surface area contributed by atoms with Gasteiger partial charge in [0.25, 0.3) is 5.91 Å². The van der Waals surface area contributed by atoms with Crippen LogP contribution in [0.2, 0.25) is 5.02 Å². The Labute approximate surface area is 139 Å². The van der Waals surface area contributed by atoms with Gasteiger partial charge in [-0.15, -0.1) is 0 Å². The smallest absolute Gasteiger partial charge is 0.306 e. The van der Waals surface area contributed by atoms with Crippen molar-refractivity contribution in [2.45, 2.75) is 36.6 Å². The van der Waals surface area contributed by atoms with Crippen molar-refractivity contribution in [2.24, 2.45) is 5.92 Å². The third kappa shape index (κ3) is 4.45. The van der Waals surface area contributed by atoms with Crippen LogP contribution in [0.5, 0.6) is 0 Å². The van der Waals surface area contributed by atoms with Gasteiger partial charge in [0, 0.05) is 12.3 Å². The molecule has 126 valence electrons. The van der Waals surface area contributed by atoms with E-state index in [2.05, 4.69) is 5.32 Å². The lowest BCUT2D eigenvalue weighted by atomic mass is 9.86. The fourth-order valence-corrected chi connectivity index (χ4v) is 3.51. The molecule has 0 spiro atoms. The molecular weight excluding hydrogens is 342 g/mol. The first-order chi connectivity index (χ1) is 10.7. The minimum atomic E-state index is -3.43. The molecule has 1 fully saturated rings. The van der Waals surface area contributed by atoms with E-state index in [0.29, 0.717) is 25.7 Å². The average Bonchev–Trinajstić information content (AvgIpc) is 2.46. The van der Waals surface area contributed by atoms with Crippen molar-refractivity contribution >= 4 is 33.3 Å². The Hall–Kier alpha value is -1.60. The van der Waals surface area contributed by atoms with E-state index in [1.165, 1.54) is 18.2 Å². The van der Waals surface area contributed by atoms with Crippen LogP contribution >= 0.6 is 11.6 Å². The third-order valence-electron chi connectivity index (χ3n) is 4.02. The molecule has 1 aliphatic carbocycles. The van der Waals surface area contributed by atoms with Crippen molar-refractivity contribution in [3.8, 4) is 0 Å². The van der Waals surface area contributed by atoms with Crippen LogP contribution in [0.15, 0.2) is 23.1 Å². The number of aliphatic carboxylic acids is 1. The summed E-state index contributed by atoms with van der Waals surface area (Å²) in [7, 11) is -3.43. The van der Waals surface area contributed by atoms with E-state index < -0.39 is 21.7 Å². The second-order valence-electron chi connectivity index (χ2n) is 5.77. The quantitative estimate of drug-likeness (QED) is 0.857. The predicted molar refractivity (Wildman–Crippen MR) is 85.4 cm³/mol. The Bertz CT molecular complexity index is 723. The van der Waals surface area contributed by atoms with Gasteiger partial charge in [0.05, 0.1) is 21.4 Å². The second kappa shape index (κ2) is 6.88. The van der Waals surface area contributed by atoms with Crippen molar-refractivity contribution in [1.82, 2.24) is 5.32 Å². The molecule has 0 unspecified atom stereocenters. The van der Waals surface area contributed by atoms with E-state index in [0.717, 1.165) is 6.26 Å². The first-order valence-corrected chi connectivity index (χ1v) is 9.48. The van der Waals surface area contributed by atoms with Crippen LogP contribution in [0.1, 0.15) is 36.0 Å². The van der Waals surface area contributed by atoms with E-state index in [-0.39, 0.29) is 27.4 Å². The highest BCUT2D eigenvalue weighted by Gasteiger charge is 2.27. The van der Waals surface area contributed by atoms with Gasteiger partial charge in [-0.1, -0.05) is 11.6 Å². The molecule has 1 aromatic carbocycles. The van der Waals surface area contributed by atoms with Crippen LogP contribution < -0.4 is 5.32 Å². The molecule has 0 atom stereocenters. The normalized spacial score (nSPS) is 21.7. The molecule has 6 nitrogen and oxygen atoms in total. The summed E-state index contributed by atoms with van der Waals surface area (Å²) in [4.78, 5) is 23.3. The zero-order valence-corrected chi connectivity index (χ0v) is 14.2. The number of sulfone groups is 1. The molecule has 0 aromatic heterocycles. The summed E-state index contributed by atoms with van der Waals surface area (Å²) in [5, 5.41) is 11.9. The SMILES string of the molecule is CS(=O)(=O)c1ccc(Cl)c(C(=O)NC2CCC(C(=O)O)CC2)c1. The lowest BCUT2D eigenvalue weighted by Gasteiger charge is -2.27. The van der Waals surface area contributed by atoms with Crippen molar-refractivity contribution in [3.05, 3.63) is 28.8 Å². The summed E-state index contributed by atoms with van der Waals surface area (Å²) in [6.45, 7) is 0. The molecule has 8 heteroatoms. The zero-order valence-electron chi connectivity index (χ0n) is 12.6. The number of rotatable bonds is 4. The summed E-state index contributed by atoms with van der Waals surface area (Å²) in [6, 6.07) is 3.87. The first-order valence-electron chi connectivity index (χ1n) is 7.21. The molecule has 0 saturated heterocycles. The van der Waals surface area contributed by atoms with E-state index in [9.17, 15) is 18.0 Å². The van der Waals surface area contributed by atoms with Crippen LogP contribution in [0.4, 0.5) is 0 Å². The number of amides is 1. The maximum atomic E-state index is 12.3. The molecule has 1 aromatic rings. The predicted octanol–water partition coefficient (Wildman–Crippen LogP) is 2.12. The van der Waals surface area contributed by atoms with E-state index in [1.807, 2.05) is 0 Å². The van der Waals surface area contributed by atoms with Crippen LogP contribution in [0.3, 0.4) is 0 Å². The largest absolute Gasteiger partial charge is 0.481 e. The molecule has 0 heterocycles. The summed E-state index contributed by atoms with van der Waals surface area (Å²) in [5.74, 6) is -1.61. The number of carbonyl (C=O) groups excluding carboxylic acids is 1. The van der Waals surface area contributed by atoms with Gasteiger partial charge in [0.15, 0.2) is 9.84 Å². The van der Waals surface area contributed by atoms with E-state index >= 15 is 0 Å². The molecule has 1 saturated carbocycles. The summed E-state index contributed by atoms with van der Waals surface area (Å²) >= 11 is 5.99. The Morgan fingerprint density at radius 3 is 2.35 bits per heavy atom. The Balaban J connectivity index is 2.08. The van der Waals surface area contributed by atoms with Gasteiger partial charge in [0.1, 0.15) is 0 Å². The topological polar surface area (TPSA) is 101 Å². The molecule has 1 aliphatic rings. The fourth-order valence-electron chi connectivity index (χ4n) is 2.66. The van der Waals surface area contributed by atoms with Crippen LogP contribution in [-0.2, 0) is 14.6 Å². The van der Waals surface area contributed by atoms with Gasteiger partial charge in [0.2, 0.25) is 0 Å². The zero-order chi connectivity index (χ0) is 17.2. The minimum absolute atomic E-state index is 0.0293. The van der Waals surface area contributed by atoms with Crippen LogP contribution in [-0.4, -0.2) is 37.7 Å². The van der Waals surface area contributed by atoms with Gasteiger partial charge in [-0.2, -0.15) is 0 Å². The number of carbonyl (C=O) groups is 2. The molecule has 1 amide bonds. The average molecular weight is 360 g/mol. The number of hydrogen-bond donors (Lipinski definition) is 2. The van der Waals surface area contributed by atoms with Crippen molar-refractivity contribution in [2.75, 3.05) is 6.26 Å². The number of benzene rings is 1. The monoisotopic (exact) mass is 359 g/mol. The molecule has 23 heavy (non-hydrogen) atoms. The molecular formula is C15H18ClNO5S. The number of nitrogens with one attached hydrogen (secondary N) is 1. The van der Waals surface area contributed by atoms with E-state index in [4.69, 9.17) is 16.7 Å². The number of hydrogen-bond acceptors (Lipinski definition) is 4. The highest BCUT2D eigenvalue weighted by Crippen LogP contribution is 2.26. The lowest BCUT2D eigenvalue weighted by Crippen LogP contribution is -2.38. The van der Waals surface area contributed by atoms with Crippen LogP contribution in [0, 0.1) is 5.92 Å². The molecule has 2 rings (SSSR count). The fraction of sp³-hybridized carbons (Fsp3) is 0.467. The maximum Gasteiger partial charge on any atom is 0.306 e. The molecule has 0 bridgehead atoms. The molecule has 0 radical (unpaired) electrons. The highest BCUT2D eigenvalue weighted by molar-refractivity contribution is 7.90. The van der Waals surface area contributed by atoms with Gasteiger partial charge < -0.3 is 10.4 Å². The summed E-state index contributed by atoms with van der Waals surface area (Å²) < 4.78 is 23.2. The van der Waals surface area contributed by atoms with E-state index in [1.54, 1.807) is 0 Å². The number of carboxylic acid groups (broad SMARTS) is 1. The Morgan fingerprint density at radius 2 is 1.83 bits per heavy atom. The summed E-state index contributed by atoms with van der Waals surface area (Å²) in [5.41, 5.74) is 0.106. The standard InChI is InChI=1S/C15H18ClNO5S/c1-23(21,22)11-6-7-13(16)12(8-11)14(18)17-10-4-2-9(3-5-10)15(19)20/h6-10H,2-5H2,1H3,(H,17,18)(H,19,20). The van der Waals surface area contributed by atoms with Gasteiger partial charge in [-0.05, 0) is 43.9 Å². The highest BCUT2D eigenvalue weighted by atomic mass is 35.5. The minimum Gasteiger partial charge on any atom is -0.481 e. The van der Waals surface area contributed by atoms with Crippen molar-refractivity contribution in [3.63, 3.8) is 0 Å². The maximum absolute atomic E-state index is 12.3. The third-order valence-corrected chi connectivity index (χ3v) is 5.46. The van der Waals surface area contributed by atoms with Gasteiger partial charge in [-0.3, -0.25) is 9.59 Å². The first kappa shape index (κ1) is 17.7. The molecule has 2 N–H and O–H groups in total. The number of halogens is 1. The summed E-state index contributed by atoms with van der Waals surface area (Å²) in [6.07, 6.45) is 3.23.